The Morgan fingerprint density at radius 1 is 0.886 bits per heavy atom. The Morgan fingerprint density at radius 2 is 1.59 bits per heavy atom. The molecule has 2 atom stereocenters. The minimum atomic E-state index is -0.496. The number of carbonyl (C=O) groups is 2. The molecule has 3 aromatic rings. The van der Waals surface area contributed by atoms with Crippen LogP contribution in [0.3, 0.4) is 0 Å². The molecule has 2 amide bonds. The summed E-state index contributed by atoms with van der Waals surface area (Å²) in [6.45, 7) is 9.34. The van der Waals surface area contributed by atoms with E-state index >= 15 is 0 Å². The Kier molecular flexibility index (Phi) is 9.51. The molecule has 1 fully saturated rings. The molecule has 7 nitrogen and oxygen atoms in total. The highest BCUT2D eigenvalue weighted by Gasteiger charge is 2.46. The molecule has 1 saturated heterocycles. The van der Waals surface area contributed by atoms with Crippen LogP contribution in [0.4, 0.5) is 0 Å². The molecule has 7 heteroatoms. The summed E-state index contributed by atoms with van der Waals surface area (Å²) >= 11 is 0. The normalized spacial score (nSPS) is 20.0. The molecule has 3 aromatic carbocycles. The number of hydrogen-bond donors (Lipinski definition) is 1. The maximum absolute atomic E-state index is 14.1. The van der Waals surface area contributed by atoms with Gasteiger partial charge in [0, 0.05) is 18.7 Å². The molecule has 232 valence electrons. The number of rotatable bonds is 11. The van der Waals surface area contributed by atoms with Crippen molar-refractivity contribution in [2.45, 2.75) is 57.9 Å². The molecular weight excluding hydrogens is 550 g/mol. The monoisotopic (exact) mass is 595 g/mol. The molecule has 44 heavy (non-hydrogen) atoms. The van der Waals surface area contributed by atoms with Crippen LogP contribution in [0.5, 0.6) is 11.5 Å². The molecule has 0 aliphatic carbocycles. The van der Waals surface area contributed by atoms with Gasteiger partial charge in [-0.2, -0.15) is 0 Å². The van der Waals surface area contributed by atoms with Gasteiger partial charge < -0.3 is 24.6 Å². The van der Waals surface area contributed by atoms with E-state index in [4.69, 9.17) is 9.47 Å². The first kappa shape index (κ1) is 30.2. The number of benzene rings is 3. The van der Waals surface area contributed by atoms with Crippen molar-refractivity contribution in [2.75, 3.05) is 45.9 Å². The van der Waals surface area contributed by atoms with Crippen molar-refractivity contribution in [2.24, 2.45) is 5.92 Å². The van der Waals surface area contributed by atoms with Gasteiger partial charge in [0.1, 0.15) is 0 Å². The summed E-state index contributed by atoms with van der Waals surface area (Å²) in [5.74, 6) is 1.59. The molecule has 0 bridgehead atoms. The Balaban J connectivity index is 1.13. The van der Waals surface area contributed by atoms with Crippen LogP contribution in [0.15, 0.2) is 66.7 Å². The average Bonchev–Trinajstić information content (AvgIpc) is 3.05. The Labute approximate surface area is 261 Å². The Hall–Kier alpha value is -3.84. The molecule has 0 spiro atoms. The molecule has 3 heterocycles. The van der Waals surface area contributed by atoms with Crippen molar-refractivity contribution in [3.05, 3.63) is 94.5 Å². The van der Waals surface area contributed by atoms with Crippen LogP contribution in [-0.2, 0) is 17.6 Å². The molecule has 0 unspecified atom stereocenters. The van der Waals surface area contributed by atoms with E-state index in [9.17, 15) is 9.59 Å². The van der Waals surface area contributed by atoms with Crippen molar-refractivity contribution >= 4 is 11.8 Å². The molecule has 6 rings (SSSR count). The number of hydrogen-bond acceptors (Lipinski definition) is 5. The van der Waals surface area contributed by atoms with Crippen LogP contribution in [0.2, 0.25) is 0 Å². The third kappa shape index (κ3) is 6.34. The molecule has 0 saturated carbocycles. The standard InChI is InChI=1S/C37H45N3O4/c1-3-43-32-24-28-17-22-40-35(31(28)25-33(32)44-4-2)34(29-13-8-9-14-30(29)37(40)42)36(41)38-18-10-19-39-20-15-27(16-21-39)23-26-11-6-5-7-12-26/h5-9,11-14,24-25,27,34-35H,3-4,10,15-23H2,1-2H3,(H,38,41)/t34-,35+/m0/s1. The number of fused-ring (bicyclic) bond motifs is 4. The maximum atomic E-state index is 14.1. The van der Waals surface area contributed by atoms with Crippen molar-refractivity contribution in [3.63, 3.8) is 0 Å². The Morgan fingerprint density at radius 3 is 2.34 bits per heavy atom. The minimum Gasteiger partial charge on any atom is -0.490 e. The molecule has 3 aliphatic heterocycles. The quantitative estimate of drug-likeness (QED) is 0.285. The summed E-state index contributed by atoms with van der Waals surface area (Å²) in [5.41, 5.74) is 4.95. The number of carbonyl (C=O) groups excluding carboxylic acids is 2. The van der Waals surface area contributed by atoms with Crippen molar-refractivity contribution in [1.82, 2.24) is 15.1 Å². The van der Waals surface area contributed by atoms with Gasteiger partial charge in [-0.1, -0.05) is 48.5 Å². The minimum absolute atomic E-state index is 0.0113. The van der Waals surface area contributed by atoms with Crippen LogP contribution < -0.4 is 14.8 Å². The highest BCUT2D eigenvalue weighted by atomic mass is 16.5. The number of ether oxygens (including phenoxy) is 2. The molecular formula is C37H45N3O4. The van der Waals surface area contributed by atoms with Gasteiger partial charge in [0.2, 0.25) is 5.91 Å². The first-order chi connectivity index (χ1) is 21.6. The fourth-order valence-corrected chi connectivity index (χ4v) is 7.34. The summed E-state index contributed by atoms with van der Waals surface area (Å²) < 4.78 is 11.9. The third-order valence-corrected chi connectivity index (χ3v) is 9.49. The second kappa shape index (κ2) is 13.9. The van der Waals surface area contributed by atoms with Crippen molar-refractivity contribution < 1.29 is 19.1 Å². The zero-order chi connectivity index (χ0) is 30.5. The highest BCUT2D eigenvalue weighted by molar-refractivity contribution is 6.01. The Bertz CT molecular complexity index is 1450. The predicted octanol–water partition coefficient (Wildman–Crippen LogP) is 5.78. The second-order valence-corrected chi connectivity index (χ2v) is 12.2. The van der Waals surface area contributed by atoms with Crippen LogP contribution in [0.25, 0.3) is 0 Å². The molecule has 3 aliphatic rings. The van der Waals surface area contributed by atoms with Crippen molar-refractivity contribution in [1.29, 1.82) is 0 Å². The van der Waals surface area contributed by atoms with Crippen LogP contribution in [-0.4, -0.2) is 67.6 Å². The lowest BCUT2D eigenvalue weighted by Crippen LogP contribution is -2.50. The SMILES string of the molecule is CCOc1cc2c(cc1OCC)[C@@H]1[C@@H](C(=O)NCCCN3CCC(Cc4ccccc4)CC3)c3ccccc3C(=O)N1CC2. The van der Waals surface area contributed by atoms with E-state index < -0.39 is 5.92 Å². The summed E-state index contributed by atoms with van der Waals surface area (Å²) in [6.07, 6.45) is 5.22. The van der Waals surface area contributed by atoms with Gasteiger partial charge in [-0.3, -0.25) is 9.59 Å². The smallest absolute Gasteiger partial charge is 0.254 e. The molecule has 0 aromatic heterocycles. The number of likely N-dealkylation sites (tertiary alicyclic amines) is 1. The van der Waals surface area contributed by atoms with Crippen LogP contribution in [0, 0.1) is 5.92 Å². The first-order valence-electron chi connectivity index (χ1n) is 16.4. The van der Waals surface area contributed by atoms with Gasteiger partial charge in [-0.25, -0.2) is 0 Å². The molecule has 1 N–H and O–H groups in total. The number of nitrogens with zero attached hydrogens (tertiary/aromatic N) is 2. The summed E-state index contributed by atoms with van der Waals surface area (Å²) in [6, 6.07) is 22.1. The largest absolute Gasteiger partial charge is 0.490 e. The fraction of sp³-hybridized carbons (Fsp3) is 0.459. The second-order valence-electron chi connectivity index (χ2n) is 12.2. The van der Waals surface area contributed by atoms with E-state index in [-0.39, 0.29) is 17.9 Å². The van der Waals surface area contributed by atoms with E-state index in [1.54, 1.807) is 0 Å². The molecule has 0 radical (unpaired) electrons. The van der Waals surface area contributed by atoms with Gasteiger partial charge >= 0.3 is 0 Å². The van der Waals surface area contributed by atoms with Gasteiger partial charge in [-0.05, 0) is 112 Å². The first-order valence-corrected chi connectivity index (χ1v) is 16.4. The number of amides is 2. The van der Waals surface area contributed by atoms with Gasteiger partial charge in [0.05, 0.1) is 25.2 Å². The van der Waals surface area contributed by atoms with Gasteiger partial charge in [-0.15, -0.1) is 0 Å². The highest BCUT2D eigenvalue weighted by Crippen LogP contribution is 2.48. The number of piperidine rings is 1. The predicted molar refractivity (Wildman–Crippen MR) is 172 cm³/mol. The number of nitrogens with one attached hydrogen (secondary N) is 1. The van der Waals surface area contributed by atoms with E-state index in [2.05, 4.69) is 40.5 Å². The lowest BCUT2D eigenvalue weighted by molar-refractivity contribution is -0.124. The van der Waals surface area contributed by atoms with E-state index in [1.165, 1.54) is 18.4 Å². The summed E-state index contributed by atoms with van der Waals surface area (Å²) in [5, 5.41) is 3.26. The maximum Gasteiger partial charge on any atom is 0.254 e. The zero-order valence-electron chi connectivity index (χ0n) is 26.1. The topological polar surface area (TPSA) is 71.1 Å². The summed E-state index contributed by atoms with van der Waals surface area (Å²) in [7, 11) is 0. The zero-order valence-corrected chi connectivity index (χ0v) is 26.1. The van der Waals surface area contributed by atoms with Crippen LogP contribution >= 0.6 is 0 Å². The van der Waals surface area contributed by atoms with Crippen molar-refractivity contribution in [3.8, 4) is 11.5 Å². The fourth-order valence-electron chi connectivity index (χ4n) is 7.34. The third-order valence-electron chi connectivity index (χ3n) is 9.49. The lowest BCUT2D eigenvalue weighted by atomic mass is 9.75. The average molecular weight is 596 g/mol. The van der Waals surface area contributed by atoms with E-state index in [0.29, 0.717) is 49.8 Å². The van der Waals surface area contributed by atoms with E-state index in [0.717, 1.165) is 55.1 Å². The van der Waals surface area contributed by atoms with Gasteiger partial charge in [0.25, 0.3) is 5.91 Å². The van der Waals surface area contributed by atoms with Crippen LogP contribution in [0.1, 0.15) is 77.7 Å². The summed E-state index contributed by atoms with van der Waals surface area (Å²) in [4.78, 5) is 32.2. The lowest BCUT2D eigenvalue weighted by Gasteiger charge is -2.45. The van der Waals surface area contributed by atoms with E-state index in [1.807, 2.05) is 55.1 Å². The van der Waals surface area contributed by atoms with Gasteiger partial charge in [0.15, 0.2) is 11.5 Å².